The molecule has 172 valence electrons. The molecule has 33 heavy (non-hydrogen) atoms. The lowest BCUT2D eigenvalue weighted by Crippen LogP contribution is -2.37. The van der Waals surface area contributed by atoms with Crippen LogP contribution >= 0.6 is 24.0 Å². The molecule has 0 spiro atoms. The third-order valence-electron chi connectivity index (χ3n) is 5.94. The van der Waals surface area contributed by atoms with Gasteiger partial charge in [-0.25, -0.2) is 4.98 Å². The minimum Gasteiger partial charge on any atom is -0.466 e. The fraction of sp³-hybridized carbons (Fsp3) is 0.360. The fourth-order valence-electron chi connectivity index (χ4n) is 4.23. The van der Waals surface area contributed by atoms with Gasteiger partial charge in [0.15, 0.2) is 0 Å². The van der Waals surface area contributed by atoms with E-state index >= 15 is 0 Å². The van der Waals surface area contributed by atoms with Gasteiger partial charge in [0.05, 0.1) is 22.9 Å². The van der Waals surface area contributed by atoms with E-state index in [2.05, 4.69) is 17.5 Å². The van der Waals surface area contributed by atoms with Crippen molar-refractivity contribution in [2.75, 3.05) is 31.1 Å². The zero-order valence-electron chi connectivity index (χ0n) is 18.9. The van der Waals surface area contributed by atoms with Crippen LogP contribution < -0.4 is 4.90 Å². The van der Waals surface area contributed by atoms with Crippen LogP contribution in [0.15, 0.2) is 41.8 Å². The summed E-state index contributed by atoms with van der Waals surface area (Å²) in [7, 11) is 0. The van der Waals surface area contributed by atoms with Gasteiger partial charge in [-0.3, -0.25) is 14.5 Å². The minimum atomic E-state index is -0.120. The number of aryl methyl sites for hydroxylation is 1. The summed E-state index contributed by atoms with van der Waals surface area (Å²) < 4.78 is 5.75. The summed E-state index contributed by atoms with van der Waals surface area (Å²) in [5, 5.41) is 1.02. The molecule has 2 aliphatic rings. The zero-order chi connectivity index (χ0) is 23.5. The molecule has 8 heteroatoms. The molecule has 1 aromatic heterocycles. The largest absolute Gasteiger partial charge is 0.466 e. The van der Waals surface area contributed by atoms with E-state index in [1.165, 1.54) is 11.8 Å². The molecule has 1 amide bonds. The molecular formula is C25H27N3O3S2. The highest BCUT2D eigenvalue weighted by Crippen LogP contribution is 2.36. The Hall–Kier alpha value is -2.71. The monoisotopic (exact) mass is 481 g/mol. The van der Waals surface area contributed by atoms with Crippen molar-refractivity contribution in [1.29, 1.82) is 0 Å². The number of thioether (sulfide) groups is 1. The van der Waals surface area contributed by atoms with Crippen LogP contribution in [0.3, 0.4) is 0 Å². The third-order valence-corrected chi connectivity index (χ3v) is 7.32. The second-order valence-electron chi connectivity index (χ2n) is 8.14. The normalized spacial score (nSPS) is 18.4. The minimum absolute atomic E-state index is 0.0815. The van der Waals surface area contributed by atoms with E-state index in [4.69, 9.17) is 21.9 Å². The van der Waals surface area contributed by atoms with Gasteiger partial charge in [0.2, 0.25) is 0 Å². The van der Waals surface area contributed by atoms with Crippen LogP contribution in [-0.2, 0) is 14.3 Å². The van der Waals surface area contributed by atoms with E-state index in [-0.39, 0.29) is 17.8 Å². The molecule has 0 aliphatic carbocycles. The smallest absolute Gasteiger partial charge is 0.309 e. The van der Waals surface area contributed by atoms with E-state index in [1.807, 2.05) is 38.1 Å². The average Bonchev–Trinajstić information content (AvgIpc) is 3.07. The quantitative estimate of drug-likeness (QED) is 0.256. The number of rotatable bonds is 6. The first-order valence-electron chi connectivity index (χ1n) is 11.1. The summed E-state index contributed by atoms with van der Waals surface area (Å²) in [6.45, 7) is 9.79. The Kier molecular flexibility index (Phi) is 7.14. The summed E-state index contributed by atoms with van der Waals surface area (Å²) in [5.74, 6) is 0.516. The molecule has 2 aromatic rings. The van der Waals surface area contributed by atoms with Gasteiger partial charge in [-0.1, -0.05) is 48.3 Å². The number of thiocarbonyl (C=S) groups is 1. The number of para-hydroxylation sites is 1. The summed E-state index contributed by atoms with van der Waals surface area (Å²) >= 11 is 6.70. The maximum Gasteiger partial charge on any atom is 0.309 e. The van der Waals surface area contributed by atoms with Gasteiger partial charge in [0, 0.05) is 30.6 Å². The summed E-state index contributed by atoms with van der Waals surface area (Å²) in [5.41, 5.74) is 2.91. The first-order chi connectivity index (χ1) is 15.9. The Bertz CT molecular complexity index is 1150. The molecule has 2 fully saturated rings. The van der Waals surface area contributed by atoms with E-state index in [0.29, 0.717) is 48.3 Å². The fourth-order valence-corrected chi connectivity index (χ4v) is 5.49. The maximum absolute atomic E-state index is 12.9. The van der Waals surface area contributed by atoms with E-state index in [1.54, 1.807) is 11.0 Å². The van der Waals surface area contributed by atoms with Gasteiger partial charge in [-0.2, -0.15) is 0 Å². The molecule has 0 unspecified atom stereocenters. The zero-order valence-corrected chi connectivity index (χ0v) is 20.5. The van der Waals surface area contributed by atoms with Crippen molar-refractivity contribution in [3.8, 4) is 0 Å². The number of piperidine rings is 1. The predicted molar refractivity (Wildman–Crippen MR) is 138 cm³/mol. The Labute approximate surface area is 203 Å². The molecule has 0 N–H and O–H groups in total. The second-order valence-corrected chi connectivity index (χ2v) is 9.82. The Balaban J connectivity index is 1.70. The van der Waals surface area contributed by atoms with Crippen molar-refractivity contribution in [2.24, 2.45) is 5.92 Å². The summed E-state index contributed by atoms with van der Waals surface area (Å²) in [6, 6.07) is 8.18. The van der Waals surface area contributed by atoms with Crippen LogP contribution in [0.5, 0.6) is 0 Å². The number of carbonyl (C=O) groups is 2. The van der Waals surface area contributed by atoms with Crippen LogP contribution in [0.1, 0.15) is 30.9 Å². The lowest BCUT2D eigenvalue weighted by Gasteiger charge is -2.33. The first kappa shape index (κ1) is 23.4. The molecule has 0 atom stereocenters. The van der Waals surface area contributed by atoms with Crippen molar-refractivity contribution in [2.45, 2.75) is 26.7 Å². The van der Waals surface area contributed by atoms with Gasteiger partial charge in [-0.05, 0) is 44.4 Å². The van der Waals surface area contributed by atoms with Crippen LogP contribution in [0.4, 0.5) is 5.82 Å². The molecule has 4 rings (SSSR count). The molecule has 6 nitrogen and oxygen atoms in total. The predicted octanol–water partition coefficient (Wildman–Crippen LogP) is 4.71. The number of carbonyl (C=O) groups excluding carboxylic acids is 2. The molecule has 2 saturated heterocycles. The molecule has 3 heterocycles. The average molecular weight is 482 g/mol. The topological polar surface area (TPSA) is 62.7 Å². The second kappa shape index (κ2) is 10.1. The van der Waals surface area contributed by atoms with Crippen LogP contribution in [0.25, 0.3) is 17.0 Å². The highest BCUT2D eigenvalue weighted by atomic mass is 32.2. The van der Waals surface area contributed by atoms with Crippen molar-refractivity contribution in [3.05, 3.63) is 53.0 Å². The number of amides is 1. The summed E-state index contributed by atoms with van der Waals surface area (Å²) in [4.78, 5) is 34.5. The van der Waals surface area contributed by atoms with Crippen LogP contribution in [0, 0.1) is 12.8 Å². The number of aromatic nitrogens is 1. The van der Waals surface area contributed by atoms with Gasteiger partial charge in [0.25, 0.3) is 5.91 Å². The number of esters is 1. The van der Waals surface area contributed by atoms with Crippen LogP contribution in [0.2, 0.25) is 0 Å². The van der Waals surface area contributed by atoms with E-state index in [9.17, 15) is 9.59 Å². The van der Waals surface area contributed by atoms with Crippen molar-refractivity contribution in [1.82, 2.24) is 9.88 Å². The van der Waals surface area contributed by atoms with Gasteiger partial charge < -0.3 is 9.64 Å². The summed E-state index contributed by atoms with van der Waals surface area (Å²) in [6.07, 6.45) is 5.00. The van der Waals surface area contributed by atoms with Gasteiger partial charge in [-0.15, -0.1) is 6.58 Å². The molecule has 2 aliphatic heterocycles. The molecular weight excluding hydrogens is 454 g/mol. The lowest BCUT2D eigenvalue weighted by molar-refractivity contribution is -0.148. The molecule has 0 saturated carbocycles. The number of anilines is 1. The maximum atomic E-state index is 12.9. The Morgan fingerprint density at radius 2 is 2.12 bits per heavy atom. The van der Waals surface area contributed by atoms with Crippen molar-refractivity contribution < 1.29 is 14.3 Å². The van der Waals surface area contributed by atoms with Crippen molar-refractivity contribution >= 4 is 63.0 Å². The number of nitrogens with zero attached hydrogens (tertiary/aromatic N) is 3. The number of hydrogen-bond acceptors (Lipinski definition) is 7. The van der Waals surface area contributed by atoms with Gasteiger partial charge >= 0.3 is 5.97 Å². The molecule has 0 bridgehead atoms. The highest BCUT2D eigenvalue weighted by molar-refractivity contribution is 8.26. The lowest BCUT2D eigenvalue weighted by atomic mass is 9.96. The number of benzene rings is 1. The van der Waals surface area contributed by atoms with E-state index in [0.717, 1.165) is 27.8 Å². The number of ether oxygens (including phenoxy) is 1. The Morgan fingerprint density at radius 3 is 2.82 bits per heavy atom. The standard InChI is InChI=1S/C25H27N3O3S2/c1-4-11-28-23(29)20(33-25(28)32)15-19-14-18-8-6-7-16(3)21(18)26-22(19)27-12-9-17(10-13-27)24(30)31-5-2/h4,6-8,14-15,17H,1,5,9-13H2,2-3H3/b20-15-. The van der Waals surface area contributed by atoms with Crippen molar-refractivity contribution in [3.63, 3.8) is 0 Å². The first-order valence-corrected chi connectivity index (χ1v) is 12.3. The number of fused-ring (bicyclic) bond motifs is 1. The number of hydrogen-bond donors (Lipinski definition) is 0. The highest BCUT2D eigenvalue weighted by Gasteiger charge is 2.32. The molecule has 0 radical (unpaired) electrons. The molecule has 1 aromatic carbocycles. The SMILES string of the molecule is C=CCN1C(=O)/C(=C/c2cc3cccc(C)c3nc2N2CCC(C(=O)OCC)CC2)SC1=S. The third kappa shape index (κ3) is 4.82. The number of pyridine rings is 1. The van der Waals surface area contributed by atoms with Crippen LogP contribution in [-0.4, -0.2) is 52.3 Å². The van der Waals surface area contributed by atoms with Gasteiger partial charge in [0.1, 0.15) is 10.1 Å². The Morgan fingerprint density at radius 1 is 1.36 bits per heavy atom. The van der Waals surface area contributed by atoms with E-state index < -0.39 is 0 Å².